The van der Waals surface area contributed by atoms with Crippen LogP contribution >= 0.6 is 11.8 Å². The number of thioether (sulfide) groups is 1. The van der Waals surface area contributed by atoms with E-state index in [2.05, 4.69) is 0 Å². The molecule has 0 aliphatic carbocycles. The van der Waals surface area contributed by atoms with Crippen LogP contribution in [0.15, 0.2) is 71.9 Å². The molecule has 0 saturated carbocycles. The van der Waals surface area contributed by atoms with E-state index < -0.39 is 24.2 Å². The molecule has 188 valence electrons. The van der Waals surface area contributed by atoms with Crippen LogP contribution in [-0.2, 0) is 23.8 Å². The smallest absolute Gasteiger partial charge is 0.410 e. The van der Waals surface area contributed by atoms with Gasteiger partial charge in [-0.3, -0.25) is 9.69 Å². The molecule has 3 aliphatic rings. The predicted molar refractivity (Wildman–Crippen MR) is 133 cm³/mol. The van der Waals surface area contributed by atoms with Crippen LogP contribution < -0.4 is 5.73 Å². The van der Waals surface area contributed by atoms with Gasteiger partial charge in [-0.2, -0.15) is 0 Å². The summed E-state index contributed by atoms with van der Waals surface area (Å²) in [4.78, 5) is 41.8. The fourth-order valence-electron chi connectivity index (χ4n) is 4.41. The minimum Gasteiger partial charge on any atom is -0.448 e. The van der Waals surface area contributed by atoms with Gasteiger partial charge in [-0.25, -0.2) is 9.59 Å². The largest absolute Gasteiger partial charge is 0.448 e. The van der Waals surface area contributed by atoms with E-state index in [9.17, 15) is 14.4 Å². The molecule has 3 heterocycles. The van der Waals surface area contributed by atoms with Crippen molar-refractivity contribution in [1.82, 2.24) is 9.80 Å². The van der Waals surface area contributed by atoms with Gasteiger partial charge in [0, 0.05) is 24.4 Å². The summed E-state index contributed by atoms with van der Waals surface area (Å²) in [6.45, 7) is 1.67. The highest BCUT2D eigenvalue weighted by Crippen LogP contribution is 2.41. The van der Waals surface area contributed by atoms with Crippen molar-refractivity contribution < 1.29 is 28.6 Å². The molecule has 0 bridgehead atoms. The number of nitrogens with zero attached hydrogens (tertiary/aromatic N) is 2. The summed E-state index contributed by atoms with van der Waals surface area (Å²) >= 11 is 1.44. The van der Waals surface area contributed by atoms with E-state index >= 15 is 0 Å². The molecule has 2 atom stereocenters. The fourth-order valence-corrected chi connectivity index (χ4v) is 5.69. The van der Waals surface area contributed by atoms with Gasteiger partial charge in [-0.15, -0.1) is 11.8 Å². The van der Waals surface area contributed by atoms with Gasteiger partial charge >= 0.3 is 12.1 Å². The van der Waals surface area contributed by atoms with Gasteiger partial charge in [0.25, 0.3) is 0 Å². The second-order valence-electron chi connectivity index (χ2n) is 8.65. The second kappa shape index (κ2) is 10.7. The fraction of sp³-hybridized carbons (Fsp3) is 0.346. The number of hydrogen-bond acceptors (Lipinski definition) is 8. The molecule has 0 aromatic heterocycles. The minimum absolute atomic E-state index is 0.108. The molecule has 0 spiro atoms. The number of carbonyl (C=O) groups excluding carboxylic acids is 3. The molecule has 2 saturated heterocycles. The highest BCUT2D eigenvalue weighted by molar-refractivity contribution is 8.00. The van der Waals surface area contributed by atoms with E-state index in [0.29, 0.717) is 37.6 Å². The van der Waals surface area contributed by atoms with Crippen molar-refractivity contribution in [3.8, 4) is 0 Å². The monoisotopic (exact) mass is 509 g/mol. The third-order valence-corrected chi connectivity index (χ3v) is 7.71. The lowest BCUT2D eigenvalue weighted by Crippen LogP contribution is -2.68. The van der Waals surface area contributed by atoms with Crippen molar-refractivity contribution in [2.24, 2.45) is 5.73 Å². The zero-order valence-corrected chi connectivity index (χ0v) is 20.4. The average molecular weight is 510 g/mol. The van der Waals surface area contributed by atoms with Crippen molar-refractivity contribution in [2.75, 3.05) is 38.7 Å². The summed E-state index contributed by atoms with van der Waals surface area (Å²) in [6, 6.07) is 18.1. The number of benzene rings is 2. The quantitative estimate of drug-likeness (QED) is 0.467. The van der Waals surface area contributed by atoms with Crippen LogP contribution in [0.25, 0.3) is 0 Å². The number of hydrogen-bond donors (Lipinski definition) is 1. The van der Waals surface area contributed by atoms with Gasteiger partial charge in [0.05, 0.1) is 13.2 Å². The number of esters is 1. The standard InChI is InChI=1S/C26H27N3O6S/c27-20-23(30)29-21(19(16-36-24(20)29)15-34-26(32)28-11-13-33-14-12-28)25(31)35-22(17-7-3-1-4-8-17)18-9-5-2-6-10-18/h1-10,20,22,24H,11-16,27H2/t20-,24-/m1/s1. The Balaban J connectivity index is 1.41. The van der Waals surface area contributed by atoms with Crippen LogP contribution in [0.2, 0.25) is 0 Å². The number of rotatable bonds is 6. The van der Waals surface area contributed by atoms with Crippen molar-refractivity contribution in [3.63, 3.8) is 0 Å². The van der Waals surface area contributed by atoms with E-state index in [1.807, 2.05) is 60.7 Å². The van der Waals surface area contributed by atoms with Crippen LogP contribution in [-0.4, -0.2) is 77.8 Å². The van der Waals surface area contributed by atoms with Crippen molar-refractivity contribution >= 4 is 29.7 Å². The lowest BCUT2D eigenvalue weighted by Gasteiger charge is -2.48. The Morgan fingerprint density at radius 2 is 1.64 bits per heavy atom. The summed E-state index contributed by atoms with van der Waals surface area (Å²) in [5, 5.41) is -0.356. The molecule has 2 N–H and O–H groups in total. The third kappa shape index (κ3) is 4.84. The lowest BCUT2D eigenvalue weighted by atomic mass is 10.0. The first-order chi connectivity index (χ1) is 17.5. The number of morpholine rings is 1. The van der Waals surface area contributed by atoms with Gasteiger partial charge < -0.3 is 24.8 Å². The maximum atomic E-state index is 13.7. The zero-order valence-electron chi connectivity index (χ0n) is 19.6. The number of ether oxygens (including phenoxy) is 3. The predicted octanol–water partition coefficient (Wildman–Crippen LogP) is 2.28. The Hall–Kier alpha value is -3.34. The van der Waals surface area contributed by atoms with Crippen LogP contribution in [0.5, 0.6) is 0 Å². The van der Waals surface area contributed by atoms with Gasteiger partial charge in [-0.1, -0.05) is 60.7 Å². The molecule has 0 unspecified atom stereocenters. The first-order valence-corrected chi connectivity index (χ1v) is 12.8. The van der Waals surface area contributed by atoms with Gasteiger partial charge in [0.2, 0.25) is 5.91 Å². The number of carbonyl (C=O) groups is 3. The van der Waals surface area contributed by atoms with E-state index in [1.54, 1.807) is 4.90 Å². The number of amides is 2. The van der Waals surface area contributed by atoms with Crippen LogP contribution in [0.4, 0.5) is 4.79 Å². The Morgan fingerprint density at radius 3 is 2.25 bits per heavy atom. The summed E-state index contributed by atoms with van der Waals surface area (Å²) in [7, 11) is 0. The van der Waals surface area contributed by atoms with E-state index in [0.717, 1.165) is 11.1 Å². The zero-order chi connectivity index (χ0) is 25.1. The summed E-state index contributed by atoms with van der Waals surface area (Å²) in [5.41, 5.74) is 8.22. The Morgan fingerprint density at radius 1 is 1.03 bits per heavy atom. The van der Waals surface area contributed by atoms with Crippen LogP contribution in [0, 0.1) is 0 Å². The topological polar surface area (TPSA) is 111 Å². The van der Waals surface area contributed by atoms with Crippen molar-refractivity contribution in [3.05, 3.63) is 83.1 Å². The second-order valence-corrected chi connectivity index (χ2v) is 9.75. The summed E-state index contributed by atoms with van der Waals surface area (Å²) < 4.78 is 16.9. The molecule has 36 heavy (non-hydrogen) atoms. The highest BCUT2D eigenvalue weighted by atomic mass is 32.2. The average Bonchev–Trinajstić information content (AvgIpc) is 2.94. The highest BCUT2D eigenvalue weighted by Gasteiger charge is 2.52. The summed E-state index contributed by atoms with van der Waals surface area (Å²) in [5.74, 6) is -0.618. The third-order valence-electron chi connectivity index (χ3n) is 6.35. The Labute approximate surface area is 213 Å². The molecule has 5 rings (SSSR count). The molecule has 2 aromatic rings. The number of β-lactam (4-membered cyclic amide) rings is 1. The van der Waals surface area contributed by atoms with Crippen LogP contribution in [0.1, 0.15) is 17.2 Å². The summed E-state index contributed by atoms with van der Waals surface area (Å²) in [6.07, 6.45) is -1.16. The number of fused-ring (bicyclic) bond motifs is 1. The van der Waals surface area contributed by atoms with Gasteiger partial charge in [0.15, 0.2) is 6.10 Å². The molecule has 3 aliphatic heterocycles. The van der Waals surface area contributed by atoms with Gasteiger partial charge in [-0.05, 0) is 11.1 Å². The molecule has 2 aromatic carbocycles. The molecular weight excluding hydrogens is 482 g/mol. The Kier molecular flexibility index (Phi) is 7.26. The van der Waals surface area contributed by atoms with Gasteiger partial charge in [0.1, 0.15) is 23.7 Å². The Bertz CT molecular complexity index is 1110. The maximum Gasteiger partial charge on any atom is 0.410 e. The molecule has 10 heteroatoms. The minimum atomic E-state index is -0.686. The molecule has 0 radical (unpaired) electrons. The van der Waals surface area contributed by atoms with Crippen molar-refractivity contribution in [1.29, 1.82) is 0 Å². The van der Waals surface area contributed by atoms with Crippen molar-refractivity contribution in [2.45, 2.75) is 17.5 Å². The number of nitrogens with two attached hydrogens (primary N) is 1. The first kappa shape index (κ1) is 24.4. The first-order valence-electron chi connectivity index (χ1n) is 11.8. The van der Waals surface area contributed by atoms with Crippen LogP contribution in [0.3, 0.4) is 0 Å². The van der Waals surface area contributed by atoms with E-state index in [1.165, 1.54) is 16.7 Å². The SMILES string of the molecule is N[C@@H]1C(=O)N2C(C(=O)OC(c3ccccc3)c3ccccc3)=C(COC(=O)N3CCOCC3)CS[C@H]12. The molecule has 2 amide bonds. The normalized spacial score (nSPS) is 21.7. The molecular formula is C26H27N3O6S. The molecule has 9 nitrogen and oxygen atoms in total. The van der Waals surface area contributed by atoms with E-state index in [-0.39, 0.29) is 23.6 Å². The lowest BCUT2D eigenvalue weighted by molar-refractivity contribution is -0.153. The maximum absolute atomic E-state index is 13.7. The van der Waals surface area contributed by atoms with E-state index in [4.69, 9.17) is 19.9 Å². The molecule has 2 fully saturated rings.